The van der Waals surface area contributed by atoms with Crippen molar-refractivity contribution in [1.29, 1.82) is 5.26 Å². The van der Waals surface area contributed by atoms with E-state index in [2.05, 4.69) is 15.9 Å². The summed E-state index contributed by atoms with van der Waals surface area (Å²) >= 11 is 3.20. The lowest BCUT2D eigenvalue weighted by molar-refractivity contribution is 0.472. The summed E-state index contributed by atoms with van der Waals surface area (Å²) < 4.78 is 13.7. The molecule has 2 aromatic carbocycles. The molecule has 0 saturated carbocycles. The van der Waals surface area contributed by atoms with Gasteiger partial charge in [0, 0.05) is 0 Å². The van der Waals surface area contributed by atoms with E-state index in [1.807, 2.05) is 6.07 Å². The Morgan fingerprint density at radius 3 is 2.68 bits per heavy atom. The summed E-state index contributed by atoms with van der Waals surface area (Å²) in [7, 11) is 0. The summed E-state index contributed by atoms with van der Waals surface area (Å²) in [5.41, 5.74) is 1.62. The molecule has 0 fully saturated rings. The maximum Gasteiger partial charge on any atom is 0.129 e. The number of nitrogens with zero attached hydrogens (tertiary/aromatic N) is 1. The van der Waals surface area contributed by atoms with Gasteiger partial charge in [-0.3, -0.25) is 0 Å². The van der Waals surface area contributed by atoms with Gasteiger partial charge in [0.25, 0.3) is 0 Å². The van der Waals surface area contributed by atoms with Gasteiger partial charge in [0.15, 0.2) is 0 Å². The molecule has 0 spiro atoms. The monoisotopic (exact) mass is 317 g/mol. The standard InChI is InChI=1S/C15H9BrFNO/c16-14-7-10(4-5-15(14)19)6-12(9-18)11-2-1-3-13(17)8-11/h1-8,19H/b12-6-. The Morgan fingerprint density at radius 1 is 1.26 bits per heavy atom. The Kier molecular flexibility index (Phi) is 3.98. The van der Waals surface area contributed by atoms with Crippen molar-refractivity contribution in [3.8, 4) is 11.8 Å². The van der Waals surface area contributed by atoms with Crippen LogP contribution in [0, 0.1) is 17.1 Å². The Morgan fingerprint density at radius 2 is 2.05 bits per heavy atom. The van der Waals surface area contributed by atoms with Crippen LogP contribution in [0.3, 0.4) is 0 Å². The predicted molar refractivity (Wildman–Crippen MR) is 75.7 cm³/mol. The van der Waals surface area contributed by atoms with Crippen LogP contribution in [0.15, 0.2) is 46.9 Å². The first-order valence-electron chi connectivity index (χ1n) is 5.46. The SMILES string of the molecule is N#C/C(=C/c1ccc(O)c(Br)c1)c1cccc(F)c1. The first-order chi connectivity index (χ1) is 9.10. The molecule has 0 aliphatic heterocycles. The zero-order valence-corrected chi connectivity index (χ0v) is 11.4. The van der Waals surface area contributed by atoms with Crippen molar-refractivity contribution >= 4 is 27.6 Å². The van der Waals surface area contributed by atoms with E-state index in [0.717, 1.165) is 5.56 Å². The number of allylic oxidation sites excluding steroid dienone is 1. The number of nitriles is 1. The summed E-state index contributed by atoms with van der Waals surface area (Å²) in [4.78, 5) is 0. The number of hydrogen-bond donors (Lipinski definition) is 1. The first-order valence-corrected chi connectivity index (χ1v) is 6.25. The highest BCUT2D eigenvalue weighted by Gasteiger charge is 2.04. The van der Waals surface area contributed by atoms with E-state index in [-0.39, 0.29) is 11.6 Å². The Labute approximate surface area is 118 Å². The fourth-order valence-electron chi connectivity index (χ4n) is 1.62. The van der Waals surface area contributed by atoms with Gasteiger partial charge < -0.3 is 5.11 Å². The van der Waals surface area contributed by atoms with E-state index < -0.39 is 0 Å². The number of phenols is 1. The van der Waals surface area contributed by atoms with Gasteiger partial charge in [-0.1, -0.05) is 18.2 Å². The number of rotatable bonds is 2. The third-order valence-corrected chi connectivity index (χ3v) is 3.17. The lowest BCUT2D eigenvalue weighted by atomic mass is 10.0. The molecule has 0 saturated heterocycles. The second kappa shape index (κ2) is 5.68. The van der Waals surface area contributed by atoms with Crippen LogP contribution < -0.4 is 0 Å². The third kappa shape index (κ3) is 3.21. The van der Waals surface area contributed by atoms with Crippen LogP contribution in [0.1, 0.15) is 11.1 Å². The molecule has 1 N–H and O–H groups in total. The lowest BCUT2D eigenvalue weighted by Gasteiger charge is -2.02. The molecule has 0 aliphatic rings. The highest BCUT2D eigenvalue weighted by Crippen LogP contribution is 2.26. The number of benzene rings is 2. The summed E-state index contributed by atoms with van der Waals surface area (Å²) in [6.07, 6.45) is 1.64. The quantitative estimate of drug-likeness (QED) is 0.660. The number of hydrogen-bond acceptors (Lipinski definition) is 2. The van der Waals surface area contributed by atoms with E-state index in [1.165, 1.54) is 18.2 Å². The van der Waals surface area contributed by atoms with Crippen LogP contribution in [0.25, 0.3) is 11.6 Å². The number of aromatic hydroxyl groups is 1. The smallest absolute Gasteiger partial charge is 0.129 e. The molecule has 0 atom stereocenters. The van der Waals surface area contributed by atoms with Crippen LogP contribution >= 0.6 is 15.9 Å². The summed E-state index contributed by atoms with van der Waals surface area (Å²) in [6, 6.07) is 12.8. The fourth-order valence-corrected chi connectivity index (χ4v) is 2.01. The molecule has 2 nitrogen and oxygen atoms in total. The molecule has 94 valence electrons. The first kappa shape index (κ1) is 13.3. The molecule has 0 radical (unpaired) electrons. The molecule has 2 aromatic rings. The zero-order valence-electron chi connectivity index (χ0n) is 9.77. The molecule has 0 aromatic heterocycles. The molecule has 0 heterocycles. The minimum Gasteiger partial charge on any atom is -0.507 e. The second-order valence-corrected chi connectivity index (χ2v) is 4.75. The van der Waals surface area contributed by atoms with E-state index in [4.69, 9.17) is 5.26 Å². The van der Waals surface area contributed by atoms with E-state index >= 15 is 0 Å². The largest absolute Gasteiger partial charge is 0.507 e. The fraction of sp³-hybridized carbons (Fsp3) is 0. The minimum atomic E-state index is -0.384. The van der Waals surface area contributed by atoms with Crippen molar-refractivity contribution in [3.63, 3.8) is 0 Å². The van der Waals surface area contributed by atoms with Gasteiger partial charge in [-0.05, 0) is 57.4 Å². The summed E-state index contributed by atoms with van der Waals surface area (Å²) in [6.45, 7) is 0. The summed E-state index contributed by atoms with van der Waals surface area (Å²) in [5.74, 6) is -0.257. The molecule has 0 bridgehead atoms. The molecule has 2 rings (SSSR count). The molecule has 0 amide bonds. The molecule has 0 unspecified atom stereocenters. The van der Waals surface area contributed by atoms with Gasteiger partial charge in [-0.25, -0.2) is 4.39 Å². The lowest BCUT2D eigenvalue weighted by Crippen LogP contribution is -1.84. The molecule has 4 heteroatoms. The van der Waals surface area contributed by atoms with Crippen molar-refractivity contribution in [2.24, 2.45) is 0 Å². The Bertz CT molecular complexity index is 689. The zero-order chi connectivity index (χ0) is 13.8. The van der Waals surface area contributed by atoms with Gasteiger partial charge >= 0.3 is 0 Å². The maximum absolute atomic E-state index is 13.1. The van der Waals surface area contributed by atoms with Gasteiger partial charge in [0.2, 0.25) is 0 Å². The van der Waals surface area contributed by atoms with Crippen LogP contribution in [-0.2, 0) is 0 Å². The Hall–Kier alpha value is -2.12. The number of halogens is 2. The van der Waals surface area contributed by atoms with Gasteiger partial charge in [-0.15, -0.1) is 0 Å². The Balaban J connectivity index is 2.44. The second-order valence-electron chi connectivity index (χ2n) is 3.89. The highest BCUT2D eigenvalue weighted by atomic mass is 79.9. The molecular formula is C15H9BrFNO. The number of phenolic OH excluding ortho intramolecular Hbond substituents is 1. The molecule has 19 heavy (non-hydrogen) atoms. The van der Waals surface area contributed by atoms with Crippen molar-refractivity contribution in [2.75, 3.05) is 0 Å². The van der Waals surface area contributed by atoms with Crippen molar-refractivity contribution in [1.82, 2.24) is 0 Å². The minimum absolute atomic E-state index is 0.126. The highest BCUT2D eigenvalue weighted by molar-refractivity contribution is 9.10. The van der Waals surface area contributed by atoms with Gasteiger partial charge in [0.05, 0.1) is 16.1 Å². The van der Waals surface area contributed by atoms with Crippen molar-refractivity contribution in [2.45, 2.75) is 0 Å². The average Bonchev–Trinajstić information content (AvgIpc) is 2.40. The van der Waals surface area contributed by atoms with Crippen molar-refractivity contribution < 1.29 is 9.50 Å². The average molecular weight is 318 g/mol. The van der Waals surface area contributed by atoms with Crippen LogP contribution in [-0.4, -0.2) is 5.11 Å². The maximum atomic E-state index is 13.1. The molecular weight excluding hydrogens is 309 g/mol. The van der Waals surface area contributed by atoms with E-state index in [9.17, 15) is 9.50 Å². The van der Waals surface area contributed by atoms with Crippen LogP contribution in [0.5, 0.6) is 5.75 Å². The third-order valence-electron chi connectivity index (χ3n) is 2.54. The van der Waals surface area contributed by atoms with Crippen molar-refractivity contribution in [3.05, 3.63) is 63.9 Å². The van der Waals surface area contributed by atoms with E-state index in [0.29, 0.717) is 15.6 Å². The molecule has 0 aliphatic carbocycles. The van der Waals surface area contributed by atoms with Crippen LogP contribution in [0.2, 0.25) is 0 Å². The van der Waals surface area contributed by atoms with Crippen LogP contribution in [0.4, 0.5) is 4.39 Å². The normalized spacial score (nSPS) is 11.1. The van der Waals surface area contributed by atoms with E-state index in [1.54, 1.807) is 30.3 Å². The van der Waals surface area contributed by atoms with Gasteiger partial charge in [-0.2, -0.15) is 5.26 Å². The van der Waals surface area contributed by atoms with Gasteiger partial charge in [0.1, 0.15) is 11.6 Å². The predicted octanol–water partition coefficient (Wildman–Crippen LogP) is 4.36. The topological polar surface area (TPSA) is 44.0 Å². The summed E-state index contributed by atoms with van der Waals surface area (Å²) in [5, 5.41) is 18.6.